The summed E-state index contributed by atoms with van der Waals surface area (Å²) in [7, 11) is -1.22. The van der Waals surface area contributed by atoms with Crippen molar-refractivity contribution in [2.45, 2.75) is 96.7 Å². The Balaban J connectivity index is 1.53. The predicted octanol–water partition coefficient (Wildman–Crippen LogP) is 7.25. The number of carbonyl (C=O) groups excluding carboxylic acids is 2. The van der Waals surface area contributed by atoms with Crippen LogP contribution in [0.5, 0.6) is 0 Å². The fourth-order valence-electron chi connectivity index (χ4n) is 5.98. The molecule has 45 heavy (non-hydrogen) atoms. The van der Waals surface area contributed by atoms with Crippen LogP contribution in [0.3, 0.4) is 0 Å². The van der Waals surface area contributed by atoms with Crippen LogP contribution in [0.15, 0.2) is 18.5 Å². The third-order valence-corrected chi connectivity index (χ3v) is 10.4. The molecule has 4 rings (SSSR count). The lowest BCUT2D eigenvalue weighted by molar-refractivity contribution is -0.146. The maximum atomic E-state index is 13.5. The average molecular weight is 672 g/mol. The second-order valence-corrected chi connectivity index (χ2v) is 20.9. The molecule has 0 N–H and O–H groups in total. The van der Waals surface area contributed by atoms with Crippen LogP contribution in [0.1, 0.15) is 56.8 Å². The highest BCUT2D eigenvalue weighted by atomic mass is 32.2. The molecule has 1 aliphatic heterocycles. The van der Waals surface area contributed by atoms with Gasteiger partial charge in [-0.25, -0.2) is 9.78 Å². The van der Waals surface area contributed by atoms with Crippen molar-refractivity contribution in [2.24, 2.45) is 5.92 Å². The zero-order valence-electron chi connectivity index (χ0n) is 27.6. The second-order valence-electron chi connectivity index (χ2n) is 14.4. The fourth-order valence-corrected chi connectivity index (χ4v) is 7.24. The summed E-state index contributed by atoms with van der Waals surface area (Å²) in [6.07, 6.45) is 2.88. The first-order valence-corrected chi connectivity index (χ1v) is 20.7. The van der Waals surface area contributed by atoms with Crippen LogP contribution in [0.2, 0.25) is 25.7 Å². The molecule has 0 bridgehead atoms. The molecule has 9 nitrogen and oxygen atoms in total. The summed E-state index contributed by atoms with van der Waals surface area (Å²) in [4.78, 5) is 35.8. The number of aromatic nitrogens is 2. The minimum Gasteiger partial charge on any atom is -0.444 e. The number of anilines is 1. The first-order valence-electron chi connectivity index (χ1n) is 15.6. The zero-order chi connectivity index (χ0) is 33.2. The van der Waals surface area contributed by atoms with E-state index in [1.54, 1.807) is 38.7 Å². The minimum absolute atomic E-state index is 0.0104. The molecule has 2 aromatic heterocycles. The second kappa shape index (κ2) is 14.1. The number of hydrogen-bond donors (Lipinski definition) is 0. The number of amides is 2. The largest absolute Gasteiger partial charge is 0.444 e. The van der Waals surface area contributed by atoms with Gasteiger partial charge in [-0.05, 0) is 70.7 Å². The van der Waals surface area contributed by atoms with Crippen molar-refractivity contribution in [1.82, 2.24) is 19.4 Å². The van der Waals surface area contributed by atoms with E-state index in [1.165, 1.54) is 0 Å². The minimum atomic E-state index is -4.52. The molecule has 0 atom stereocenters. The molecule has 0 saturated heterocycles. The van der Waals surface area contributed by atoms with Crippen molar-refractivity contribution in [3.63, 3.8) is 0 Å². The lowest BCUT2D eigenvalue weighted by Crippen LogP contribution is -2.52. The molecule has 14 heteroatoms. The molecule has 1 aliphatic carbocycles. The van der Waals surface area contributed by atoms with Crippen LogP contribution in [0, 0.1) is 5.92 Å². The van der Waals surface area contributed by atoms with E-state index in [9.17, 15) is 22.8 Å². The smallest absolute Gasteiger partial charge is 0.410 e. The van der Waals surface area contributed by atoms with Gasteiger partial charge in [-0.15, -0.1) is 11.8 Å². The first-order chi connectivity index (χ1) is 21.0. The van der Waals surface area contributed by atoms with Crippen LogP contribution in [0.4, 0.5) is 23.7 Å². The van der Waals surface area contributed by atoms with E-state index in [0.717, 1.165) is 40.5 Å². The van der Waals surface area contributed by atoms with Gasteiger partial charge in [0.1, 0.15) is 24.5 Å². The highest BCUT2D eigenvalue weighted by molar-refractivity contribution is 7.98. The summed E-state index contributed by atoms with van der Waals surface area (Å²) in [5.74, 6) is 0.394. The number of fused-ring (bicyclic) bond motifs is 3. The van der Waals surface area contributed by atoms with E-state index in [0.29, 0.717) is 44.3 Å². The molecule has 0 unspecified atom stereocenters. The Morgan fingerprint density at radius 1 is 1.16 bits per heavy atom. The van der Waals surface area contributed by atoms with E-state index >= 15 is 0 Å². The highest BCUT2D eigenvalue weighted by Gasteiger charge is 2.39. The number of thioether (sulfide) groups is 1. The van der Waals surface area contributed by atoms with Gasteiger partial charge in [-0.1, -0.05) is 19.6 Å². The standard InChI is InChI=1S/C31H48F3N5O4SSi/c1-30(2,3)43-29(41)37(18-31(32,33)34)17-22-8-10-23(11-9-22)39-19-38(21-44-4)28(40)25-16-35-27-24(26(25)39)12-13-36(27)20-42-14-15-45(5,6)7/h12-13,16,22-23H,8-11,14-15,17-21H2,1-7H3/t22-,23-. The van der Waals surface area contributed by atoms with Crippen molar-refractivity contribution in [1.29, 1.82) is 0 Å². The number of halogens is 3. The van der Waals surface area contributed by atoms with Crippen LogP contribution >= 0.6 is 11.8 Å². The number of pyridine rings is 1. The van der Waals surface area contributed by atoms with Gasteiger partial charge in [0.2, 0.25) is 0 Å². The van der Waals surface area contributed by atoms with E-state index in [2.05, 4.69) is 24.5 Å². The molecular weight excluding hydrogens is 624 g/mol. The van der Waals surface area contributed by atoms with Crippen LogP contribution in [-0.2, 0) is 16.2 Å². The molecule has 2 aromatic rings. The van der Waals surface area contributed by atoms with Crippen LogP contribution < -0.4 is 4.90 Å². The Kier molecular flexibility index (Phi) is 11.1. The van der Waals surface area contributed by atoms with Crippen molar-refractivity contribution < 1.29 is 32.2 Å². The quantitative estimate of drug-likeness (QED) is 0.184. The SMILES string of the molecule is CSCN1CN([C@H]2CC[C@H](CN(CC(F)(F)F)C(=O)OC(C)(C)C)CC2)c2c(cnc3c2ccn3COCC[Si](C)(C)C)C1=O. The Hall–Kier alpha value is -2.45. The maximum absolute atomic E-state index is 13.5. The van der Waals surface area contributed by atoms with Crippen molar-refractivity contribution in [2.75, 3.05) is 43.4 Å². The number of hydrogen-bond acceptors (Lipinski definition) is 7. The number of rotatable bonds is 11. The zero-order valence-corrected chi connectivity index (χ0v) is 29.4. The maximum Gasteiger partial charge on any atom is 0.410 e. The third-order valence-electron chi connectivity index (χ3n) is 8.16. The van der Waals surface area contributed by atoms with Gasteiger partial charge in [0, 0.05) is 45.0 Å². The summed E-state index contributed by atoms with van der Waals surface area (Å²) in [5, 5.41) is 0.891. The number of ether oxygens (including phenoxy) is 2. The lowest BCUT2D eigenvalue weighted by Gasteiger charge is -2.45. The van der Waals surface area contributed by atoms with E-state index < -0.39 is 32.5 Å². The summed E-state index contributed by atoms with van der Waals surface area (Å²) in [6.45, 7) is 12.0. The summed E-state index contributed by atoms with van der Waals surface area (Å²) < 4.78 is 53.4. The molecule has 0 aromatic carbocycles. The van der Waals surface area contributed by atoms with Gasteiger partial charge in [0.15, 0.2) is 0 Å². The Morgan fingerprint density at radius 2 is 1.84 bits per heavy atom. The Labute approximate surface area is 269 Å². The number of carbonyl (C=O) groups is 2. The molecule has 1 saturated carbocycles. The first kappa shape index (κ1) is 35.4. The van der Waals surface area contributed by atoms with Crippen LogP contribution in [0.25, 0.3) is 11.0 Å². The van der Waals surface area contributed by atoms with Crippen LogP contribution in [-0.4, -0.2) is 95.7 Å². The molecular formula is C31H48F3N5O4SSi. The van der Waals surface area contributed by atoms with E-state index in [-0.39, 0.29) is 24.4 Å². The van der Waals surface area contributed by atoms with E-state index in [4.69, 9.17) is 14.5 Å². The Morgan fingerprint density at radius 3 is 2.44 bits per heavy atom. The molecule has 1 fully saturated rings. The highest BCUT2D eigenvalue weighted by Crippen LogP contribution is 2.40. The van der Waals surface area contributed by atoms with Gasteiger partial charge in [0.25, 0.3) is 5.91 Å². The van der Waals surface area contributed by atoms with Crippen molar-refractivity contribution in [3.05, 3.63) is 24.0 Å². The molecule has 252 valence electrons. The van der Waals surface area contributed by atoms with E-state index in [1.807, 2.05) is 28.0 Å². The average Bonchev–Trinajstić information content (AvgIpc) is 3.34. The molecule has 2 aliphatic rings. The summed E-state index contributed by atoms with van der Waals surface area (Å²) in [5.41, 5.74) is 1.29. The topological polar surface area (TPSA) is 80.1 Å². The number of nitrogens with zero attached hydrogens (tertiary/aromatic N) is 5. The predicted molar refractivity (Wildman–Crippen MR) is 175 cm³/mol. The fraction of sp³-hybridized carbons (Fsp3) is 0.710. The number of alkyl halides is 3. The third kappa shape index (κ3) is 9.54. The molecule has 3 heterocycles. The monoisotopic (exact) mass is 671 g/mol. The van der Waals surface area contributed by atoms with Gasteiger partial charge in [-0.3, -0.25) is 9.69 Å². The van der Waals surface area contributed by atoms with Crippen molar-refractivity contribution in [3.8, 4) is 0 Å². The van der Waals surface area contributed by atoms with Gasteiger partial charge in [0.05, 0.1) is 23.8 Å². The molecule has 2 amide bonds. The van der Waals surface area contributed by atoms with Crippen molar-refractivity contribution >= 4 is 48.6 Å². The molecule has 0 spiro atoms. The van der Waals surface area contributed by atoms with Gasteiger partial charge >= 0.3 is 12.3 Å². The Bertz CT molecular complexity index is 1340. The lowest BCUT2D eigenvalue weighted by atomic mass is 9.84. The normalized spacial score (nSPS) is 19.6. The van der Waals surface area contributed by atoms with Gasteiger partial charge < -0.3 is 23.8 Å². The molecule has 0 radical (unpaired) electrons. The van der Waals surface area contributed by atoms with Gasteiger partial charge in [-0.2, -0.15) is 13.2 Å². The summed E-state index contributed by atoms with van der Waals surface area (Å²) in [6, 6.07) is 3.14. The summed E-state index contributed by atoms with van der Waals surface area (Å²) >= 11 is 1.57.